The highest BCUT2D eigenvalue weighted by Crippen LogP contribution is 2.38. The molecule has 0 spiro atoms. The number of aliphatic carboxylic acids is 1. The van der Waals surface area contributed by atoms with Gasteiger partial charge >= 0.3 is 11.9 Å². The molecule has 2 N–H and O–H groups in total. The molecule has 9 heteroatoms. The first kappa shape index (κ1) is 58.9. The highest BCUT2D eigenvalue weighted by Gasteiger charge is 2.38. The lowest BCUT2D eigenvalue weighted by Gasteiger charge is -2.33. The van der Waals surface area contributed by atoms with E-state index in [-0.39, 0.29) is 76.3 Å². The molecule has 4 rings (SSSR count). The van der Waals surface area contributed by atoms with Gasteiger partial charge in [0.25, 0.3) is 0 Å². The van der Waals surface area contributed by atoms with Crippen LogP contribution in [0.1, 0.15) is 207 Å². The highest BCUT2D eigenvalue weighted by atomic mass is 16.5. The molecule has 65 heavy (non-hydrogen) atoms. The van der Waals surface area contributed by atoms with Crippen LogP contribution in [0.3, 0.4) is 0 Å². The molecule has 2 saturated carbocycles. The number of carboxylic acids is 1. The van der Waals surface area contributed by atoms with Gasteiger partial charge in [0.1, 0.15) is 17.3 Å². The number of Topliss-reactive ketones (excluding diaryl/α,β-unsaturated/α-hetero) is 4. The number of carboxylic acid groups (broad SMARTS) is 1. The number of hydrogen-bond donors (Lipinski definition) is 2. The van der Waals surface area contributed by atoms with Crippen LogP contribution in [0, 0.1) is 57.7 Å². The van der Waals surface area contributed by atoms with Crippen LogP contribution in [0.5, 0.6) is 5.75 Å². The quantitative estimate of drug-likeness (QED) is 0.166. The summed E-state index contributed by atoms with van der Waals surface area (Å²) in [5.41, 5.74) is 0.517. The molecule has 0 radical (unpaired) electrons. The number of aromatic hydroxyl groups is 1. The molecule has 2 aromatic carbocycles. The topological polar surface area (TPSA) is 152 Å². The summed E-state index contributed by atoms with van der Waals surface area (Å²) in [4.78, 5) is 71.9. The zero-order valence-corrected chi connectivity index (χ0v) is 43.4. The van der Waals surface area contributed by atoms with Crippen molar-refractivity contribution in [3.8, 4) is 5.75 Å². The summed E-state index contributed by atoms with van der Waals surface area (Å²) in [6, 6.07) is 14.4. The van der Waals surface area contributed by atoms with Crippen LogP contribution in [0.2, 0.25) is 0 Å². The maximum Gasteiger partial charge on any atom is 0.306 e. The monoisotopic (exact) mass is 905 g/mol. The third-order valence-electron chi connectivity index (χ3n) is 12.0. The Bertz CT molecular complexity index is 1830. The lowest BCUT2D eigenvalue weighted by atomic mass is 9.71. The summed E-state index contributed by atoms with van der Waals surface area (Å²) in [5, 5.41) is 18.4. The number of hydrogen-bond acceptors (Lipinski definition) is 8. The van der Waals surface area contributed by atoms with E-state index in [1.165, 1.54) is 25.7 Å². The normalized spacial score (nSPS) is 16.1. The van der Waals surface area contributed by atoms with Gasteiger partial charge in [0.15, 0.2) is 11.6 Å². The van der Waals surface area contributed by atoms with Crippen LogP contribution < -0.4 is 0 Å². The molecule has 0 aliphatic heterocycles. The standard InChI is InChI=1S/C19H34O3.C14H24O3.C12H16O2.C11H14O/c1-18(2,3)13-22-16(20)12-15(17(21)19(4,5)6)14-10-8-7-9-11-14;1-14(2,3)13(17)11(9-12(15)16)10-7-5-4-6-8-10;1-8-9(6-5-7-10(8)13)11(14)12(2,3)4;1-11(2,3)10(12)9-7-5-4-6-8-9/h14-15H,7-13H2,1-6H3;10-11H,4-9H2,1-3H3,(H,15,16);5-7,13H,1-4H3;4-8H,1-3H3. The van der Waals surface area contributed by atoms with Crippen molar-refractivity contribution in [2.45, 2.75) is 188 Å². The van der Waals surface area contributed by atoms with Gasteiger partial charge in [-0.25, -0.2) is 0 Å². The van der Waals surface area contributed by atoms with Crippen molar-refractivity contribution >= 4 is 35.1 Å². The molecule has 0 aromatic heterocycles. The molecule has 2 fully saturated rings. The van der Waals surface area contributed by atoms with E-state index in [1.807, 2.05) is 134 Å². The highest BCUT2D eigenvalue weighted by molar-refractivity contribution is 6.01. The predicted octanol–water partition coefficient (Wildman–Crippen LogP) is 13.9. The van der Waals surface area contributed by atoms with E-state index < -0.39 is 22.2 Å². The van der Waals surface area contributed by atoms with E-state index in [2.05, 4.69) is 0 Å². The largest absolute Gasteiger partial charge is 0.508 e. The van der Waals surface area contributed by atoms with Crippen LogP contribution in [-0.4, -0.2) is 51.9 Å². The minimum absolute atomic E-state index is 0.000764. The van der Waals surface area contributed by atoms with E-state index in [4.69, 9.17) is 9.84 Å². The molecule has 2 aliphatic rings. The summed E-state index contributed by atoms with van der Waals surface area (Å²) in [6.07, 6.45) is 11.5. The first-order chi connectivity index (χ1) is 29.7. The second-order valence-corrected chi connectivity index (χ2v) is 23.7. The Morgan fingerprint density at radius 3 is 1.34 bits per heavy atom. The van der Waals surface area contributed by atoms with Gasteiger partial charge in [-0.1, -0.05) is 185 Å². The van der Waals surface area contributed by atoms with E-state index in [9.17, 15) is 33.9 Å². The van der Waals surface area contributed by atoms with Crippen molar-refractivity contribution in [3.63, 3.8) is 0 Å². The van der Waals surface area contributed by atoms with Gasteiger partial charge in [0, 0.05) is 50.2 Å². The molecule has 0 amide bonds. The van der Waals surface area contributed by atoms with Gasteiger partial charge in [0.05, 0.1) is 19.4 Å². The number of carbonyl (C=O) groups is 6. The molecule has 0 bridgehead atoms. The lowest BCUT2D eigenvalue weighted by Crippen LogP contribution is -2.36. The summed E-state index contributed by atoms with van der Waals surface area (Å²) >= 11 is 0. The maximum absolute atomic E-state index is 12.8. The number of ketones is 4. The van der Waals surface area contributed by atoms with Crippen LogP contribution in [0.15, 0.2) is 48.5 Å². The number of phenolic OH excluding ortho intramolecular Hbond substituents is 1. The first-order valence-electron chi connectivity index (χ1n) is 24.1. The molecule has 9 nitrogen and oxygen atoms in total. The number of phenols is 1. The number of rotatable bonds is 11. The Morgan fingerprint density at radius 1 is 0.554 bits per heavy atom. The Morgan fingerprint density at radius 2 is 0.969 bits per heavy atom. The summed E-state index contributed by atoms with van der Waals surface area (Å²) < 4.78 is 5.40. The van der Waals surface area contributed by atoms with Gasteiger partial charge in [-0.05, 0) is 55.9 Å². The smallest absolute Gasteiger partial charge is 0.306 e. The second-order valence-electron chi connectivity index (χ2n) is 23.7. The van der Waals surface area contributed by atoms with Gasteiger partial charge in [0.2, 0.25) is 0 Å². The molecular weight excluding hydrogens is 817 g/mol. The maximum atomic E-state index is 12.8. The number of ether oxygens (including phenoxy) is 1. The SMILES string of the molecule is CC(C)(C)C(=O)C(CC(=O)O)C1CCCCC1.CC(C)(C)C(=O)c1ccccc1.CC(C)(C)COC(=O)CC(C(=O)C(C)(C)C)C1CCCCC1.Cc1c(O)cccc1C(=O)C(C)(C)C. The van der Waals surface area contributed by atoms with E-state index in [0.29, 0.717) is 23.7 Å². The Balaban J connectivity index is 0.000000444. The van der Waals surface area contributed by atoms with Gasteiger partial charge < -0.3 is 14.9 Å². The van der Waals surface area contributed by atoms with E-state index >= 15 is 0 Å². The summed E-state index contributed by atoms with van der Waals surface area (Å²) in [7, 11) is 0. The zero-order valence-electron chi connectivity index (χ0n) is 43.4. The van der Waals surface area contributed by atoms with E-state index in [1.54, 1.807) is 25.1 Å². The molecular formula is C56H88O9. The fourth-order valence-electron chi connectivity index (χ4n) is 8.15. The van der Waals surface area contributed by atoms with Crippen LogP contribution in [0.4, 0.5) is 0 Å². The number of carbonyl (C=O) groups excluding carboxylic acids is 5. The second kappa shape index (κ2) is 25.7. The Kier molecular flexibility index (Phi) is 23.3. The molecule has 2 aliphatic carbocycles. The van der Waals surface area contributed by atoms with Crippen molar-refractivity contribution in [2.75, 3.05) is 6.61 Å². The Labute approximate surface area is 393 Å². The van der Waals surface area contributed by atoms with Crippen molar-refractivity contribution < 1.29 is 43.7 Å². The fourth-order valence-corrected chi connectivity index (χ4v) is 8.15. The summed E-state index contributed by atoms with van der Waals surface area (Å²) in [6.45, 7) is 31.2. The van der Waals surface area contributed by atoms with Gasteiger partial charge in [-0.3, -0.25) is 28.8 Å². The third kappa shape index (κ3) is 21.8. The van der Waals surface area contributed by atoms with Crippen LogP contribution in [0.25, 0.3) is 0 Å². The van der Waals surface area contributed by atoms with Crippen molar-refractivity contribution in [2.24, 2.45) is 50.7 Å². The molecule has 2 atom stereocenters. The van der Waals surface area contributed by atoms with Crippen molar-refractivity contribution in [1.29, 1.82) is 0 Å². The third-order valence-corrected chi connectivity index (χ3v) is 12.0. The Hall–Kier alpha value is -4.14. The minimum Gasteiger partial charge on any atom is -0.508 e. The van der Waals surface area contributed by atoms with Gasteiger partial charge in [-0.2, -0.15) is 0 Å². The molecule has 2 unspecified atom stereocenters. The summed E-state index contributed by atoms with van der Waals surface area (Å²) in [5.74, 6) is -0.121. The molecule has 0 saturated heterocycles. The van der Waals surface area contributed by atoms with Crippen molar-refractivity contribution in [3.05, 3.63) is 65.2 Å². The first-order valence-corrected chi connectivity index (χ1v) is 24.1. The molecule has 0 heterocycles. The average molecular weight is 905 g/mol. The van der Waals surface area contributed by atoms with Crippen molar-refractivity contribution in [1.82, 2.24) is 0 Å². The number of benzene rings is 2. The van der Waals surface area contributed by atoms with Crippen LogP contribution in [-0.2, 0) is 23.9 Å². The molecule has 2 aromatic rings. The predicted molar refractivity (Wildman–Crippen MR) is 263 cm³/mol. The van der Waals surface area contributed by atoms with E-state index in [0.717, 1.165) is 44.1 Å². The fraction of sp³-hybridized carbons (Fsp3) is 0.679. The number of esters is 1. The van der Waals surface area contributed by atoms with Crippen LogP contribution >= 0.6 is 0 Å². The van der Waals surface area contributed by atoms with Gasteiger partial charge in [-0.15, -0.1) is 0 Å². The average Bonchev–Trinajstić information content (AvgIpc) is 3.21. The zero-order chi connectivity index (χ0) is 50.1. The molecule has 366 valence electrons. The minimum atomic E-state index is -0.849. The lowest BCUT2D eigenvalue weighted by molar-refractivity contribution is -0.151.